The fourth-order valence-corrected chi connectivity index (χ4v) is 4.64. The van der Waals surface area contributed by atoms with Crippen molar-refractivity contribution >= 4 is 21.3 Å². The molecular weight excluding hydrogens is 418 g/mol. The first-order chi connectivity index (χ1) is 14.9. The van der Waals surface area contributed by atoms with Gasteiger partial charge in [0.15, 0.2) is 5.69 Å². The van der Waals surface area contributed by atoms with Crippen LogP contribution in [0.25, 0.3) is 5.52 Å². The summed E-state index contributed by atoms with van der Waals surface area (Å²) in [4.78, 5) is 19.6. The van der Waals surface area contributed by atoms with E-state index in [4.69, 9.17) is 9.47 Å². The van der Waals surface area contributed by atoms with Gasteiger partial charge in [0.25, 0.3) is 5.91 Å². The van der Waals surface area contributed by atoms with Crippen molar-refractivity contribution in [1.29, 1.82) is 0 Å². The molecule has 0 radical (unpaired) electrons. The molecule has 1 amide bonds. The van der Waals surface area contributed by atoms with E-state index in [-0.39, 0.29) is 22.9 Å². The molecule has 9 heteroatoms. The van der Waals surface area contributed by atoms with Crippen LogP contribution in [0.1, 0.15) is 28.9 Å². The second kappa shape index (κ2) is 8.68. The molecule has 4 rings (SSSR count). The molecule has 2 aromatic heterocycles. The number of carbonyl (C=O) groups is 1. The van der Waals surface area contributed by atoms with Crippen molar-refractivity contribution in [3.8, 4) is 5.75 Å². The van der Waals surface area contributed by atoms with Crippen LogP contribution in [-0.4, -0.2) is 61.2 Å². The van der Waals surface area contributed by atoms with Gasteiger partial charge in [0.2, 0.25) is 15.0 Å². The number of imidazole rings is 1. The topological polar surface area (TPSA) is 90.2 Å². The molecule has 0 bridgehead atoms. The van der Waals surface area contributed by atoms with E-state index in [1.165, 1.54) is 4.40 Å². The molecule has 31 heavy (non-hydrogen) atoms. The summed E-state index contributed by atoms with van der Waals surface area (Å²) >= 11 is 0. The molecule has 8 nitrogen and oxygen atoms in total. The van der Waals surface area contributed by atoms with E-state index in [1.807, 2.05) is 24.3 Å². The number of benzene rings is 1. The van der Waals surface area contributed by atoms with Crippen LogP contribution in [0.4, 0.5) is 0 Å². The molecule has 1 fully saturated rings. The summed E-state index contributed by atoms with van der Waals surface area (Å²) in [6.45, 7) is 1.35. The number of ether oxygens (including phenoxy) is 2. The monoisotopic (exact) mass is 443 g/mol. The molecule has 164 valence electrons. The molecule has 0 N–H and O–H groups in total. The van der Waals surface area contributed by atoms with Gasteiger partial charge < -0.3 is 14.4 Å². The predicted molar refractivity (Wildman–Crippen MR) is 115 cm³/mol. The first-order valence-electron chi connectivity index (χ1n) is 10.1. The zero-order valence-corrected chi connectivity index (χ0v) is 18.3. The molecule has 1 aliphatic heterocycles. The summed E-state index contributed by atoms with van der Waals surface area (Å²) in [7, 11) is -2.03. The Bertz CT molecular complexity index is 1200. The second-order valence-corrected chi connectivity index (χ2v) is 9.51. The van der Waals surface area contributed by atoms with Crippen LogP contribution < -0.4 is 4.74 Å². The quantitative estimate of drug-likeness (QED) is 0.558. The summed E-state index contributed by atoms with van der Waals surface area (Å²) in [5.74, 6) is 0.333. The SMILES string of the molecule is COc1ccccc1CN(CC1CCCO1)C(=O)c1nc(S(C)(=O)=O)n2ccccc12. The zero-order valence-electron chi connectivity index (χ0n) is 17.5. The molecule has 3 heterocycles. The van der Waals surface area contributed by atoms with Crippen molar-refractivity contribution in [3.63, 3.8) is 0 Å². The van der Waals surface area contributed by atoms with Crippen LogP contribution >= 0.6 is 0 Å². The maximum absolute atomic E-state index is 13.6. The number of sulfone groups is 1. The predicted octanol–water partition coefficient (Wildman–Crippen LogP) is 2.57. The maximum atomic E-state index is 13.6. The number of amides is 1. The normalized spacial score (nSPS) is 16.5. The van der Waals surface area contributed by atoms with Crippen LogP contribution in [0.15, 0.2) is 53.8 Å². The van der Waals surface area contributed by atoms with Gasteiger partial charge in [-0.25, -0.2) is 13.4 Å². The first-order valence-corrected chi connectivity index (χ1v) is 12.0. The Balaban J connectivity index is 1.75. The lowest BCUT2D eigenvalue weighted by Crippen LogP contribution is -2.37. The van der Waals surface area contributed by atoms with E-state index in [0.717, 1.165) is 24.7 Å². The van der Waals surface area contributed by atoms with Gasteiger partial charge >= 0.3 is 0 Å². The van der Waals surface area contributed by atoms with Crippen molar-refractivity contribution in [2.75, 3.05) is 26.5 Å². The minimum Gasteiger partial charge on any atom is -0.496 e. The molecule has 1 aromatic carbocycles. The van der Waals surface area contributed by atoms with Crippen LogP contribution in [-0.2, 0) is 21.1 Å². The average molecular weight is 444 g/mol. The van der Waals surface area contributed by atoms with Gasteiger partial charge in [0.05, 0.1) is 18.7 Å². The lowest BCUT2D eigenvalue weighted by molar-refractivity contribution is 0.0503. The fraction of sp³-hybridized carbons (Fsp3) is 0.364. The third-order valence-electron chi connectivity index (χ3n) is 5.34. The molecule has 0 aliphatic carbocycles. The maximum Gasteiger partial charge on any atom is 0.275 e. The Kier molecular flexibility index (Phi) is 5.97. The summed E-state index contributed by atoms with van der Waals surface area (Å²) in [5.41, 5.74) is 1.41. The second-order valence-electron chi connectivity index (χ2n) is 7.60. The Hall–Kier alpha value is -2.91. The van der Waals surface area contributed by atoms with Crippen molar-refractivity contribution < 1.29 is 22.7 Å². The number of rotatable bonds is 7. The molecule has 1 atom stereocenters. The van der Waals surface area contributed by atoms with Gasteiger partial charge in [-0.3, -0.25) is 9.20 Å². The number of aromatic nitrogens is 2. The van der Waals surface area contributed by atoms with E-state index < -0.39 is 9.84 Å². The number of carbonyl (C=O) groups excluding carboxylic acids is 1. The standard InChI is InChI=1S/C22H25N3O5S/c1-29-19-11-4-3-8-16(19)14-24(15-17-9-7-13-30-17)21(26)20-18-10-5-6-12-25(18)22(23-20)31(2,27)28/h3-6,8,10-12,17H,7,9,13-15H2,1-2H3. The number of hydrogen-bond donors (Lipinski definition) is 0. The van der Waals surface area contributed by atoms with Crippen LogP contribution in [0.5, 0.6) is 5.75 Å². The molecule has 1 aliphatic rings. The Labute approximate surface area is 181 Å². The Morgan fingerprint density at radius 2 is 2.03 bits per heavy atom. The molecular formula is C22H25N3O5S. The highest BCUT2D eigenvalue weighted by atomic mass is 32.2. The summed E-state index contributed by atoms with van der Waals surface area (Å²) in [6, 6.07) is 12.7. The van der Waals surface area contributed by atoms with Crippen molar-refractivity contribution in [3.05, 3.63) is 59.9 Å². The largest absolute Gasteiger partial charge is 0.496 e. The molecule has 3 aromatic rings. The van der Waals surface area contributed by atoms with E-state index in [2.05, 4.69) is 4.98 Å². The highest BCUT2D eigenvalue weighted by Gasteiger charge is 2.29. The average Bonchev–Trinajstić information content (AvgIpc) is 3.40. The molecule has 1 saturated heterocycles. The highest BCUT2D eigenvalue weighted by Crippen LogP contribution is 2.24. The zero-order chi connectivity index (χ0) is 22.0. The van der Waals surface area contributed by atoms with Crippen molar-refractivity contribution in [2.24, 2.45) is 0 Å². The van der Waals surface area contributed by atoms with Crippen molar-refractivity contribution in [1.82, 2.24) is 14.3 Å². The van der Waals surface area contributed by atoms with Gasteiger partial charge in [0, 0.05) is 37.7 Å². The number of para-hydroxylation sites is 1. The molecule has 0 saturated carbocycles. The van der Waals surface area contributed by atoms with E-state index in [1.54, 1.807) is 36.4 Å². The van der Waals surface area contributed by atoms with Gasteiger partial charge in [-0.2, -0.15) is 0 Å². The summed E-state index contributed by atoms with van der Waals surface area (Å²) < 4.78 is 37.2. The lowest BCUT2D eigenvalue weighted by atomic mass is 10.1. The lowest BCUT2D eigenvalue weighted by Gasteiger charge is -2.25. The third-order valence-corrected chi connectivity index (χ3v) is 6.29. The number of methoxy groups -OCH3 is 1. The number of pyridine rings is 1. The van der Waals surface area contributed by atoms with Crippen LogP contribution in [0, 0.1) is 0 Å². The van der Waals surface area contributed by atoms with Gasteiger partial charge in [0.1, 0.15) is 5.75 Å². The molecule has 0 spiro atoms. The van der Waals surface area contributed by atoms with Gasteiger partial charge in [-0.15, -0.1) is 0 Å². The Morgan fingerprint density at radius 3 is 2.74 bits per heavy atom. The number of hydrogen-bond acceptors (Lipinski definition) is 6. The van der Waals surface area contributed by atoms with Gasteiger partial charge in [-0.1, -0.05) is 24.3 Å². The van der Waals surface area contributed by atoms with Crippen molar-refractivity contribution in [2.45, 2.75) is 30.6 Å². The van der Waals surface area contributed by atoms with Crippen LogP contribution in [0.2, 0.25) is 0 Å². The van der Waals surface area contributed by atoms with Gasteiger partial charge in [-0.05, 0) is 31.0 Å². The number of nitrogens with zero attached hydrogens (tertiary/aromatic N) is 3. The first kappa shape index (κ1) is 21.3. The van der Waals surface area contributed by atoms with Crippen LogP contribution in [0.3, 0.4) is 0 Å². The smallest absolute Gasteiger partial charge is 0.275 e. The van der Waals surface area contributed by atoms with E-state index in [9.17, 15) is 13.2 Å². The fourth-order valence-electron chi connectivity index (χ4n) is 3.87. The third kappa shape index (κ3) is 4.42. The summed E-state index contributed by atoms with van der Waals surface area (Å²) in [6.07, 6.45) is 4.44. The highest BCUT2D eigenvalue weighted by molar-refractivity contribution is 7.90. The molecule has 1 unspecified atom stereocenters. The summed E-state index contributed by atoms with van der Waals surface area (Å²) in [5, 5.41) is -0.152. The van der Waals surface area contributed by atoms with E-state index in [0.29, 0.717) is 31.0 Å². The number of fused-ring (bicyclic) bond motifs is 1. The minimum absolute atomic E-state index is 0.0677. The minimum atomic E-state index is -3.62. The Morgan fingerprint density at radius 1 is 1.26 bits per heavy atom. The van der Waals surface area contributed by atoms with E-state index >= 15 is 0 Å².